The molecule has 0 aliphatic carbocycles. The molecule has 0 spiro atoms. The molecule has 21 heavy (non-hydrogen) atoms. The van der Waals surface area contributed by atoms with E-state index in [2.05, 4.69) is 37.7 Å². The SMILES string of the molecule is CC(C)C(CNS(=O)(=O)c1ccc2c(c1)CNC2)C(C)C. The number of rotatable bonds is 6. The lowest BCUT2D eigenvalue weighted by atomic mass is 9.86. The van der Waals surface area contributed by atoms with Crippen LogP contribution >= 0.6 is 0 Å². The summed E-state index contributed by atoms with van der Waals surface area (Å²) in [6.07, 6.45) is 0. The fraction of sp³-hybridized carbons (Fsp3) is 0.625. The van der Waals surface area contributed by atoms with Gasteiger partial charge >= 0.3 is 0 Å². The van der Waals surface area contributed by atoms with E-state index in [1.54, 1.807) is 12.1 Å². The van der Waals surface area contributed by atoms with Crippen molar-refractivity contribution in [1.29, 1.82) is 0 Å². The first-order valence-corrected chi connectivity index (χ1v) is 9.11. The van der Waals surface area contributed by atoms with Gasteiger partial charge in [0.25, 0.3) is 0 Å². The highest BCUT2D eigenvalue weighted by atomic mass is 32.2. The molecule has 2 rings (SSSR count). The zero-order valence-corrected chi connectivity index (χ0v) is 14.1. The minimum Gasteiger partial charge on any atom is -0.309 e. The maximum absolute atomic E-state index is 12.5. The highest BCUT2D eigenvalue weighted by molar-refractivity contribution is 7.89. The van der Waals surface area contributed by atoms with Crippen LogP contribution in [0.5, 0.6) is 0 Å². The van der Waals surface area contributed by atoms with Crippen LogP contribution in [0.1, 0.15) is 38.8 Å². The molecule has 0 fully saturated rings. The predicted molar refractivity (Wildman–Crippen MR) is 85.3 cm³/mol. The molecule has 0 saturated heterocycles. The summed E-state index contributed by atoms with van der Waals surface area (Å²) >= 11 is 0. The smallest absolute Gasteiger partial charge is 0.240 e. The first-order chi connectivity index (χ1) is 9.81. The van der Waals surface area contributed by atoms with E-state index in [-0.39, 0.29) is 0 Å². The average Bonchev–Trinajstić information content (AvgIpc) is 2.84. The maximum atomic E-state index is 12.5. The first kappa shape index (κ1) is 16.5. The van der Waals surface area contributed by atoms with Gasteiger partial charge in [0.15, 0.2) is 0 Å². The zero-order valence-electron chi connectivity index (χ0n) is 13.3. The van der Waals surface area contributed by atoms with Gasteiger partial charge in [-0.15, -0.1) is 0 Å². The number of hydrogen-bond donors (Lipinski definition) is 2. The Labute approximate surface area is 128 Å². The molecule has 1 aliphatic rings. The van der Waals surface area contributed by atoms with Gasteiger partial charge in [-0.25, -0.2) is 13.1 Å². The zero-order chi connectivity index (χ0) is 15.6. The highest BCUT2D eigenvalue weighted by Gasteiger charge is 2.22. The Balaban J connectivity index is 2.11. The highest BCUT2D eigenvalue weighted by Crippen LogP contribution is 2.22. The van der Waals surface area contributed by atoms with Gasteiger partial charge < -0.3 is 5.32 Å². The van der Waals surface area contributed by atoms with Crippen molar-refractivity contribution >= 4 is 10.0 Å². The van der Waals surface area contributed by atoms with Gasteiger partial charge in [-0.2, -0.15) is 0 Å². The largest absolute Gasteiger partial charge is 0.309 e. The Kier molecular flexibility index (Phi) is 5.07. The monoisotopic (exact) mass is 310 g/mol. The molecular weight excluding hydrogens is 284 g/mol. The third-order valence-corrected chi connectivity index (χ3v) is 5.76. The number of benzene rings is 1. The van der Waals surface area contributed by atoms with E-state index >= 15 is 0 Å². The fourth-order valence-electron chi connectivity index (χ4n) is 2.97. The maximum Gasteiger partial charge on any atom is 0.240 e. The summed E-state index contributed by atoms with van der Waals surface area (Å²) in [5.74, 6) is 1.25. The molecule has 2 N–H and O–H groups in total. The Morgan fingerprint density at radius 1 is 1.10 bits per heavy atom. The lowest BCUT2D eigenvalue weighted by Gasteiger charge is -2.25. The van der Waals surface area contributed by atoms with Crippen LogP contribution in [-0.2, 0) is 23.1 Å². The Hall–Kier alpha value is -0.910. The number of hydrogen-bond acceptors (Lipinski definition) is 3. The van der Waals surface area contributed by atoms with Crippen molar-refractivity contribution in [2.24, 2.45) is 17.8 Å². The number of fused-ring (bicyclic) bond motifs is 1. The quantitative estimate of drug-likeness (QED) is 0.849. The third kappa shape index (κ3) is 3.84. The minimum absolute atomic E-state index is 0.343. The van der Waals surface area contributed by atoms with Crippen LogP contribution < -0.4 is 10.0 Å². The van der Waals surface area contributed by atoms with Crippen LogP contribution in [0.25, 0.3) is 0 Å². The minimum atomic E-state index is -3.42. The van der Waals surface area contributed by atoms with Crippen molar-refractivity contribution in [3.05, 3.63) is 29.3 Å². The molecule has 118 valence electrons. The van der Waals surface area contributed by atoms with Gasteiger partial charge in [-0.05, 0) is 41.0 Å². The molecule has 0 radical (unpaired) electrons. The van der Waals surface area contributed by atoms with E-state index in [1.807, 2.05) is 6.07 Å². The predicted octanol–water partition coefficient (Wildman–Crippen LogP) is 2.50. The lowest BCUT2D eigenvalue weighted by Crippen LogP contribution is -2.34. The Morgan fingerprint density at radius 3 is 2.33 bits per heavy atom. The van der Waals surface area contributed by atoms with Crippen molar-refractivity contribution in [2.45, 2.75) is 45.7 Å². The molecule has 0 amide bonds. The molecule has 0 unspecified atom stereocenters. The Bertz CT molecular complexity index is 586. The van der Waals surface area contributed by atoms with E-state index < -0.39 is 10.0 Å². The van der Waals surface area contributed by atoms with E-state index in [0.717, 1.165) is 18.7 Å². The summed E-state index contributed by atoms with van der Waals surface area (Å²) in [5.41, 5.74) is 2.28. The second kappa shape index (κ2) is 6.46. The molecule has 0 aromatic heterocycles. The second-order valence-electron chi connectivity index (χ2n) is 6.54. The topological polar surface area (TPSA) is 58.2 Å². The van der Waals surface area contributed by atoms with Gasteiger partial charge in [-0.3, -0.25) is 0 Å². The Morgan fingerprint density at radius 2 is 1.71 bits per heavy atom. The van der Waals surface area contributed by atoms with Gasteiger partial charge in [0.05, 0.1) is 4.90 Å². The van der Waals surface area contributed by atoms with E-state index in [0.29, 0.717) is 29.2 Å². The van der Waals surface area contributed by atoms with Gasteiger partial charge in [0.2, 0.25) is 10.0 Å². The first-order valence-electron chi connectivity index (χ1n) is 7.63. The summed E-state index contributed by atoms with van der Waals surface area (Å²) in [7, 11) is -3.42. The molecule has 1 aliphatic heterocycles. The van der Waals surface area contributed by atoms with Crippen LogP contribution in [0, 0.1) is 17.8 Å². The standard InChI is InChI=1S/C16H26N2O2S/c1-11(2)16(12(3)4)10-18-21(19,20)15-6-5-13-8-17-9-14(13)7-15/h5-7,11-12,16-18H,8-10H2,1-4H3. The van der Waals surface area contributed by atoms with Gasteiger partial charge in [0.1, 0.15) is 0 Å². The van der Waals surface area contributed by atoms with Crippen molar-refractivity contribution in [1.82, 2.24) is 10.0 Å². The molecule has 0 atom stereocenters. The normalized spacial score (nSPS) is 15.2. The fourth-order valence-corrected chi connectivity index (χ4v) is 4.09. The van der Waals surface area contributed by atoms with Crippen LogP contribution in [-0.4, -0.2) is 15.0 Å². The molecule has 5 heteroatoms. The molecule has 4 nitrogen and oxygen atoms in total. The number of sulfonamides is 1. The number of nitrogens with one attached hydrogen (secondary N) is 2. The molecule has 1 heterocycles. The summed E-state index contributed by atoms with van der Waals surface area (Å²) in [5, 5.41) is 3.23. The average molecular weight is 310 g/mol. The van der Waals surface area contributed by atoms with Crippen molar-refractivity contribution in [3.8, 4) is 0 Å². The van der Waals surface area contributed by atoms with Crippen LogP contribution in [0.2, 0.25) is 0 Å². The van der Waals surface area contributed by atoms with Crippen molar-refractivity contribution < 1.29 is 8.42 Å². The third-order valence-electron chi connectivity index (χ3n) is 4.34. The molecule has 0 bridgehead atoms. The van der Waals surface area contributed by atoms with Crippen LogP contribution in [0.3, 0.4) is 0 Å². The molecule has 1 aromatic carbocycles. The molecular formula is C16H26N2O2S. The molecule has 1 aromatic rings. The van der Waals surface area contributed by atoms with Crippen molar-refractivity contribution in [2.75, 3.05) is 6.54 Å². The summed E-state index contributed by atoms with van der Waals surface area (Å²) in [6, 6.07) is 5.40. The van der Waals surface area contributed by atoms with Crippen LogP contribution in [0.4, 0.5) is 0 Å². The van der Waals surface area contributed by atoms with E-state index in [1.165, 1.54) is 5.56 Å². The summed E-state index contributed by atoms with van der Waals surface area (Å²) < 4.78 is 27.7. The lowest BCUT2D eigenvalue weighted by molar-refractivity contribution is 0.289. The van der Waals surface area contributed by atoms with E-state index in [9.17, 15) is 8.42 Å². The van der Waals surface area contributed by atoms with Crippen molar-refractivity contribution in [3.63, 3.8) is 0 Å². The summed E-state index contributed by atoms with van der Waals surface area (Å²) in [4.78, 5) is 0.371. The second-order valence-corrected chi connectivity index (χ2v) is 8.30. The van der Waals surface area contributed by atoms with Gasteiger partial charge in [0, 0.05) is 19.6 Å². The molecule has 0 saturated carbocycles. The van der Waals surface area contributed by atoms with Crippen LogP contribution in [0.15, 0.2) is 23.1 Å². The van der Waals surface area contributed by atoms with E-state index in [4.69, 9.17) is 0 Å². The summed E-state index contributed by atoms with van der Waals surface area (Å²) in [6.45, 7) is 10.6. The van der Waals surface area contributed by atoms with Gasteiger partial charge in [-0.1, -0.05) is 33.8 Å².